The summed E-state index contributed by atoms with van der Waals surface area (Å²) in [4.78, 5) is 4.70. The zero-order chi connectivity index (χ0) is 11.7. The average molecular weight is 222 g/mol. The van der Waals surface area contributed by atoms with E-state index < -0.39 is 0 Å². The van der Waals surface area contributed by atoms with Gasteiger partial charge in [-0.1, -0.05) is 48.5 Å². The van der Waals surface area contributed by atoms with Gasteiger partial charge >= 0.3 is 0 Å². The van der Waals surface area contributed by atoms with Crippen molar-refractivity contribution in [2.45, 2.75) is 13.1 Å². The first-order chi connectivity index (χ1) is 8.34. The zero-order valence-corrected chi connectivity index (χ0v) is 9.72. The molecule has 0 saturated carbocycles. The SMILES string of the molecule is CC1=N[C@@H](c2ccccc2)Nc2ccccc21. The first-order valence-electron chi connectivity index (χ1n) is 5.80. The Labute approximate surface area is 101 Å². The molecule has 1 heterocycles. The molecule has 0 aromatic heterocycles. The van der Waals surface area contributed by atoms with Gasteiger partial charge in [-0.2, -0.15) is 0 Å². The number of hydrogen-bond acceptors (Lipinski definition) is 2. The molecule has 1 N–H and O–H groups in total. The molecule has 0 spiro atoms. The molecule has 0 radical (unpaired) electrons. The van der Waals surface area contributed by atoms with Crippen molar-refractivity contribution in [3.05, 3.63) is 65.7 Å². The Morgan fingerprint density at radius 2 is 1.65 bits per heavy atom. The summed E-state index contributed by atoms with van der Waals surface area (Å²) in [5.74, 6) is 0. The van der Waals surface area contributed by atoms with Gasteiger partial charge in [-0.05, 0) is 18.6 Å². The molecular weight excluding hydrogens is 208 g/mol. The zero-order valence-electron chi connectivity index (χ0n) is 9.72. The summed E-state index contributed by atoms with van der Waals surface area (Å²) >= 11 is 0. The summed E-state index contributed by atoms with van der Waals surface area (Å²) in [6, 6.07) is 18.6. The number of anilines is 1. The predicted molar refractivity (Wildman–Crippen MR) is 71.5 cm³/mol. The van der Waals surface area contributed by atoms with Gasteiger partial charge in [-0.3, -0.25) is 4.99 Å². The molecule has 1 aliphatic heterocycles. The highest BCUT2D eigenvalue weighted by molar-refractivity contribution is 6.04. The van der Waals surface area contributed by atoms with Gasteiger partial charge in [0.2, 0.25) is 0 Å². The maximum atomic E-state index is 4.70. The fourth-order valence-corrected chi connectivity index (χ4v) is 2.16. The van der Waals surface area contributed by atoms with Crippen molar-refractivity contribution < 1.29 is 0 Å². The van der Waals surface area contributed by atoms with E-state index in [4.69, 9.17) is 4.99 Å². The third-order valence-electron chi connectivity index (χ3n) is 3.05. The minimum atomic E-state index is 0.0334. The van der Waals surface area contributed by atoms with Gasteiger partial charge in [-0.25, -0.2) is 0 Å². The molecule has 2 aromatic rings. The first kappa shape index (κ1) is 10.1. The molecule has 3 rings (SSSR count). The van der Waals surface area contributed by atoms with Crippen molar-refractivity contribution in [3.63, 3.8) is 0 Å². The fraction of sp³-hybridized carbons (Fsp3) is 0.133. The van der Waals surface area contributed by atoms with Gasteiger partial charge in [0, 0.05) is 17.0 Å². The highest BCUT2D eigenvalue weighted by Gasteiger charge is 2.17. The molecule has 2 heteroatoms. The van der Waals surface area contributed by atoms with Crippen LogP contribution in [0.25, 0.3) is 0 Å². The standard InChI is InChI=1S/C15H14N2/c1-11-13-9-5-6-10-14(13)17-15(16-11)12-7-3-2-4-8-12/h2-10,15,17H,1H3/t15-/m1/s1. The number of fused-ring (bicyclic) bond motifs is 1. The molecule has 84 valence electrons. The number of para-hydroxylation sites is 1. The van der Waals surface area contributed by atoms with E-state index in [9.17, 15) is 0 Å². The summed E-state index contributed by atoms with van der Waals surface area (Å²) in [5, 5.41) is 3.46. The highest BCUT2D eigenvalue weighted by Crippen LogP contribution is 2.29. The Balaban J connectivity index is 2.02. The quantitative estimate of drug-likeness (QED) is 0.783. The largest absolute Gasteiger partial charge is 0.360 e. The van der Waals surface area contributed by atoms with Crippen molar-refractivity contribution >= 4 is 11.4 Å². The first-order valence-corrected chi connectivity index (χ1v) is 5.80. The number of benzene rings is 2. The van der Waals surface area contributed by atoms with Crippen LogP contribution < -0.4 is 5.32 Å². The molecule has 1 atom stereocenters. The monoisotopic (exact) mass is 222 g/mol. The molecule has 2 aromatic carbocycles. The highest BCUT2D eigenvalue weighted by atomic mass is 15.1. The van der Waals surface area contributed by atoms with E-state index in [-0.39, 0.29) is 6.17 Å². The van der Waals surface area contributed by atoms with E-state index in [0.29, 0.717) is 0 Å². The Kier molecular flexibility index (Phi) is 2.41. The third-order valence-corrected chi connectivity index (χ3v) is 3.05. The maximum absolute atomic E-state index is 4.70. The summed E-state index contributed by atoms with van der Waals surface area (Å²) in [5.41, 5.74) is 4.64. The Hall–Kier alpha value is -2.09. The van der Waals surface area contributed by atoms with Crippen LogP contribution in [0.2, 0.25) is 0 Å². The molecule has 0 unspecified atom stereocenters. The van der Waals surface area contributed by atoms with Crippen molar-refractivity contribution in [1.29, 1.82) is 0 Å². The van der Waals surface area contributed by atoms with Gasteiger partial charge in [0.1, 0.15) is 6.17 Å². The molecule has 0 fully saturated rings. The van der Waals surface area contributed by atoms with Gasteiger partial charge in [0.05, 0.1) is 0 Å². The second-order valence-electron chi connectivity index (χ2n) is 4.22. The molecule has 2 nitrogen and oxygen atoms in total. The number of aliphatic imine (C=N–C) groups is 1. The molecule has 17 heavy (non-hydrogen) atoms. The minimum absolute atomic E-state index is 0.0334. The summed E-state index contributed by atoms with van der Waals surface area (Å²) in [6.45, 7) is 2.07. The molecule has 1 aliphatic rings. The Bertz CT molecular complexity index is 558. The smallest absolute Gasteiger partial charge is 0.145 e. The third kappa shape index (κ3) is 1.82. The second-order valence-corrected chi connectivity index (χ2v) is 4.22. The van der Waals surface area contributed by atoms with E-state index in [1.54, 1.807) is 0 Å². The van der Waals surface area contributed by atoms with Gasteiger partial charge in [0.25, 0.3) is 0 Å². The fourth-order valence-electron chi connectivity index (χ4n) is 2.16. The lowest BCUT2D eigenvalue weighted by Gasteiger charge is -2.24. The van der Waals surface area contributed by atoms with E-state index in [2.05, 4.69) is 36.5 Å². The van der Waals surface area contributed by atoms with Crippen LogP contribution in [0.15, 0.2) is 59.6 Å². The van der Waals surface area contributed by atoms with Gasteiger partial charge in [0.15, 0.2) is 0 Å². The van der Waals surface area contributed by atoms with Gasteiger partial charge < -0.3 is 5.32 Å². The topological polar surface area (TPSA) is 24.4 Å². The molecule has 0 aliphatic carbocycles. The number of nitrogens with one attached hydrogen (secondary N) is 1. The molecule has 0 bridgehead atoms. The van der Waals surface area contributed by atoms with Crippen LogP contribution in [0.1, 0.15) is 24.2 Å². The lowest BCUT2D eigenvalue weighted by Crippen LogP contribution is -2.17. The minimum Gasteiger partial charge on any atom is -0.360 e. The van der Waals surface area contributed by atoms with Crippen LogP contribution in [-0.4, -0.2) is 5.71 Å². The maximum Gasteiger partial charge on any atom is 0.145 e. The molecule has 0 amide bonds. The van der Waals surface area contributed by atoms with Crippen LogP contribution >= 0.6 is 0 Å². The van der Waals surface area contributed by atoms with Crippen LogP contribution in [-0.2, 0) is 0 Å². The van der Waals surface area contributed by atoms with Crippen LogP contribution in [0.3, 0.4) is 0 Å². The second kappa shape index (κ2) is 4.06. The van der Waals surface area contributed by atoms with Crippen LogP contribution in [0.4, 0.5) is 5.69 Å². The summed E-state index contributed by atoms with van der Waals surface area (Å²) in [7, 11) is 0. The normalized spacial score (nSPS) is 17.9. The number of rotatable bonds is 1. The lowest BCUT2D eigenvalue weighted by molar-refractivity contribution is 0.827. The summed E-state index contributed by atoms with van der Waals surface area (Å²) in [6.07, 6.45) is 0.0334. The number of hydrogen-bond donors (Lipinski definition) is 1. The van der Waals surface area contributed by atoms with Crippen LogP contribution in [0.5, 0.6) is 0 Å². The van der Waals surface area contributed by atoms with E-state index >= 15 is 0 Å². The lowest BCUT2D eigenvalue weighted by atomic mass is 10.0. The summed E-state index contributed by atoms with van der Waals surface area (Å²) < 4.78 is 0. The van der Waals surface area contributed by atoms with Crippen molar-refractivity contribution in [2.75, 3.05) is 5.32 Å². The van der Waals surface area contributed by atoms with Crippen molar-refractivity contribution in [1.82, 2.24) is 0 Å². The molecule has 0 saturated heterocycles. The van der Waals surface area contributed by atoms with Crippen molar-refractivity contribution in [2.24, 2.45) is 4.99 Å². The predicted octanol–water partition coefficient (Wildman–Crippen LogP) is 3.62. The Morgan fingerprint density at radius 3 is 2.47 bits per heavy atom. The van der Waals surface area contributed by atoms with Gasteiger partial charge in [-0.15, -0.1) is 0 Å². The molecular formula is C15H14N2. The Morgan fingerprint density at radius 1 is 0.941 bits per heavy atom. The van der Waals surface area contributed by atoms with Crippen LogP contribution in [0, 0.1) is 0 Å². The van der Waals surface area contributed by atoms with E-state index in [1.807, 2.05) is 30.3 Å². The van der Waals surface area contributed by atoms with E-state index in [0.717, 1.165) is 11.4 Å². The van der Waals surface area contributed by atoms with E-state index in [1.165, 1.54) is 11.1 Å². The number of nitrogens with zero attached hydrogens (tertiary/aromatic N) is 1. The average Bonchev–Trinajstić information content (AvgIpc) is 2.40. The van der Waals surface area contributed by atoms with Crippen molar-refractivity contribution in [3.8, 4) is 0 Å².